The molecule has 0 N–H and O–H groups in total. The Morgan fingerprint density at radius 3 is 1.73 bits per heavy atom. The van der Waals surface area contributed by atoms with E-state index in [0.717, 1.165) is 69.6 Å². The highest BCUT2D eigenvalue weighted by atomic mass is 19.3. The highest BCUT2D eigenvalue weighted by Gasteiger charge is 2.41. The lowest BCUT2D eigenvalue weighted by atomic mass is 9.79. The predicted octanol–water partition coefficient (Wildman–Crippen LogP) is 8.82. The predicted molar refractivity (Wildman–Crippen MR) is 118 cm³/mol. The van der Waals surface area contributed by atoms with Crippen LogP contribution in [0.3, 0.4) is 0 Å². The minimum atomic E-state index is -4.28. The molecule has 0 spiro atoms. The standard InChI is InChI=1S/C27H31F5O/c1-16-3-7-18(8-4-16)20-13-24(29)26(25(30)14-20)27(31,32)33-21-11-12-22(23(28)15-21)19-9-5-17(2)6-10-19/h11-19H,3-10H2,1-2H3. The lowest BCUT2D eigenvalue weighted by Crippen LogP contribution is -2.26. The van der Waals surface area contributed by atoms with E-state index in [9.17, 15) is 22.0 Å². The maximum absolute atomic E-state index is 14.8. The van der Waals surface area contributed by atoms with Crippen LogP contribution in [0.15, 0.2) is 30.3 Å². The van der Waals surface area contributed by atoms with Gasteiger partial charge in [-0.1, -0.05) is 45.6 Å². The molecule has 6 heteroatoms. The van der Waals surface area contributed by atoms with Gasteiger partial charge in [-0.05, 0) is 78.7 Å². The van der Waals surface area contributed by atoms with Gasteiger partial charge in [-0.3, -0.25) is 0 Å². The summed E-state index contributed by atoms with van der Waals surface area (Å²) in [5.74, 6) is -2.63. The van der Waals surface area contributed by atoms with Crippen LogP contribution < -0.4 is 4.74 Å². The van der Waals surface area contributed by atoms with E-state index in [1.54, 1.807) is 0 Å². The fraction of sp³-hybridized carbons (Fsp3) is 0.556. The average molecular weight is 467 g/mol. The Morgan fingerprint density at radius 1 is 0.697 bits per heavy atom. The van der Waals surface area contributed by atoms with E-state index in [1.807, 2.05) is 0 Å². The molecular weight excluding hydrogens is 435 g/mol. The molecule has 2 fully saturated rings. The minimum Gasteiger partial charge on any atom is -0.429 e. The summed E-state index contributed by atoms with van der Waals surface area (Å²) in [6.45, 7) is 4.29. The van der Waals surface area contributed by atoms with Crippen LogP contribution in [-0.4, -0.2) is 0 Å². The van der Waals surface area contributed by atoms with Crippen LogP contribution in [-0.2, 0) is 6.11 Å². The van der Waals surface area contributed by atoms with Crippen molar-refractivity contribution in [1.29, 1.82) is 0 Å². The molecule has 0 aliphatic heterocycles. The highest BCUT2D eigenvalue weighted by Crippen LogP contribution is 2.41. The molecular formula is C27H31F5O. The normalized spacial score (nSPS) is 26.3. The molecule has 0 radical (unpaired) electrons. The van der Waals surface area contributed by atoms with Gasteiger partial charge in [0.05, 0.1) is 0 Å². The van der Waals surface area contributed by atoms with Crippen LogP contribution in [0.4, 0.5) is 22.0 Å². The Hall–Kier alpha value is -2.11. The number of halogens is 5. The third-order valence-electron chi connectivity index (χ3n) is 7.52. The monoisotopic (exact) mass is 466 g/mol. The van der Waals surface area contributed by atoms with E-state index in [0.29, 0.717) is 23.0 Å². The van der Waals surface area contributed by atoms with Gasteiger partial charge in [0, 0.05) is 6.07 Å². The van der Waals surface area contributed by atoms with E-state index in [4.69, 9.17) is 0 Å². The van der Waals surface area contributed by atoms with Crippen LogP contribution in [0, 0.1) is 29.3 Å². The first kappa shape index (κ1) is 24.0. The molecule has 2 aliphatic rings. The summed E-state index contributed by atoms with van der Waals surface area (Å²) in [6.07, 6.45) is 2.84. The first-order valence-electron chi connectivity index (χ1n) is 12.0. The fourth-order valence-electron chi connectivity index (χ4n) is 5.37. The molecule has 33 heavy (non-hydrogen) atoms. The van der Waals surface area contributed by atoms with Crippen LogP contribution in [0.2, 0.25) is 0 Å². The van der Waals surface area contributed by atoms with Gasteiger partial charge in [-0.2, -0.15) is 8.78 Å². The van der Waals surface area contributed by atoms with Gasteiger partial charge in [0.2, 0.25) is 0 Å². The Balaban J connectivity index is 1.52. The van der Waals surface area contributed by atoms with Crippen molar-refractivity contribution in [3.8, 4) is 5.75 Å². The van der Waals surface area contributed by atoms with Gasteiger partial charge in [0.25, 0.3) is 0 Å². The van der Waals surface area contributed by atoms with Crippen molar-refractivity contribution < 1.29 is 26.7 Å². The van der Waals surface area contributed by atoms with Crippen molar-refractivity contribution in [3.05, 3.63) is 64.5 Å². The first-order valence-corrected chi connectivity index (χ1v) is 12.0. The Bertz CT molecular complexity index is 949. The highest BCUT2D eigenvalue weighted by molar-refractivity contribution is 5.34. The second-order valence-corrected chi connectivity index (χ2v) is 10.1. The van der Waals surface area contributed by atoms with Crippen LogP contribution >= 0.6 is 0 Å². The van der Waals surface area contributed by atoms with Crippen LogP contribution in [0.25, 0.3) is 0 Å². The van der Waals surface area contributed by atoms with Crippen LogP contribution in [0.5, 0.6) is 5.75 Å². The van der Waals surface area contributed by atoms with Crippen molar-refractivity contribution in [1.82, 2.24) is 0 Å². The molecule has 2 aliphatic carbocycles. The number of benzene rings is 2. The molecule has 0 aromatic heterocycles. The maximum atomic E-state index is 14.8. The first-order chi connectivity index (χ1) is 15.6. The lowest BCUT2D eigenvalue weighted by Gasteiger charge is -2.28. The quantitative estimate of drug-likeness (QED) is 0.400. The summed E-state index contributed by atoms with van der Waals surface area (Å²) < 4.78 is 78.3. The second kappa shape index (κ2) is 9.63. The second-order valence-electron chi connectivity index (χ2n) is 10.1. The summed E-state index contributed by atoms with van der Waals surface area (Å²) in [5, 5.41) is 0. The number of alkyl halides is 2. The molecule has 180 valence electrons. The van der Waals surface area contributed by atoms with Crippen molar-refractivity contribution in [2.45, 2.75) is 83.2 Å². The third-order valence-corrected chi connectivity index (χ3v) is 7.52. The fourth-order valence-corrected chi connectivity index (χ4v) is 5.37. The van der Waals surface area contributed by atoms with Crippen molar-refractivity contribution in [2.75, 3.05) is 0 Å². The molecule has 0 atom stereocenters. The molecule has 0 amide bonds. The van der Waals surface area contributed by atoms with Gasteiger partial charge < -0.3 is 4.74 Å². The molecule has 0 saturated heterocycles. The summed E-state index contributed by atoms with van der Waals surface area (Å²) in [6, 6.07) is 5.56. The number of hydrogen-bond donors (Lipinski definition) is 0. The molecule has 0 unspecified atom stereocenters. The van der Waals surface area contributed by atoms with Crippen molar-refractivity contribution in [3.63, 3.8) is 0 Å². The lowest BCUT2D eigenvalue weighted by molar-refractivity contribution is -0.189. The molecule has 0 heterocycles. The number of hydrogen-bond acceptors (Lipinski definition) is 1. The van der Waals surface area contributed by atoms with Gasteiger partial charge in [-0.15, -0.1) is 0 Å². The van der Waals surface area contributed by atoms with E-state index < -0.39 is 34.9 Å². The summed E-state index contributed by atoms with van der Waals surface area (Å²) in [4.78, 5) is 0. The molecule has 2 aromatic rings. The molecule has 2 saturated carbocycles. The maximum Gasteiger partial charge on any atom is 0.432 e. The molecule has 0 bridgehead atoms. The zero-order valence-electron chi connectivity index (χ0n) is 19.2. The van der Waals surface area contributed by atoms with E-state index in [2.05, 4.69) is 18.6 Å². The number of rotatable bonds is 5. The minimum absolute atomic E-state index is 0.0426. The summed E-state index contributed by atoms with van der Waals surface area (Å²) in [5.41, 5.74) is -0.573. The SMILES string of the molecule is CC1CCC(c2cc(F)c(C(F)(F)Oc3ccc(C4CCC(C)CC4)c(F)c3)c(F)c2)CC1. The molecule has 4 rings (SSSR count). The third kappa shape index (κ3) is 5.36. The summed E-state index contributed by atoms with van der Waals surface area (Å²) in [7, 11) is 0. The van der Waals surface area contributed by atoms with Gasteiger partial charge >= 0.3 is 6.11 Å². The van der Waals surface area contributed by atoms with Gasteiger partial charge in [0.1, 0.15) is 28.8 Å². The Labute approximate surface area is 192 Å². The summed E-state index contributed by atoms with van der Waals surface area (Å²) >= 11 is 0. The van der Waals surface area contributed by atoms with Crippen LogP contribution in [0.1, 0.15) is 93.7 Å². The molecule has 1 nitrogen and oxygen atoms in total. The van der Waals surface area contributed by atoms with Gasteiger partial charge in [-0.25, -0.2) is 13.2 Å². The average Bonchev–Trinajstić information content (AvgIpc) is 2.74. The van der Waals surface area contributed by atoms with E-state index in [-0.39, 0.29) is 11.8 Å². The smallest absolute Gasteiger partial charge is 0.429 e. The topological polar surface area (TPSA) is 9.23 Å². The Kier molecular flexibility index (Phi) is 7.01. The van der Waals surface area contributed by atoms with E-state index in [1.165, 1.54) is 12.1 Å². The van der Waals surface area contributed by atoms with E-state index >= 15 is 0 Å². The zero-order chi connectivity index (χ0) is 23.8. The van der Waals surface area contributed by atoms with Crippen molar-refractivity contribution >= 4 is 0 Å². The van der Waals surface area contributed by atoms with Crippen molar-refractivity contribution in [2.24, 2.45) is 11.8 Å². The van der Waals surface area contributed by atoms with Gasteiger partial charge in [0.15, 0.2) is 0 Å². The number of ether oxygens (including phenoxy) is 1. The Morgan fingerprint density at radius 2 is 1.21 bits per heavy atom. The molecule has 2 aromatic carbocycles. The zero-order valence-corrected chi connectivity index (χ0v) is 19.2. The largest absolute Gasteiger partial charge is 0.432 e.